The second-order valence-corrected chi connectivity index (χ2v) is 3.28. The van der Waals surface area contributed by atoms with Gasteiger partial charge >= 0.3 is 5.97 Å². The summed E-state index contributed by atoms with van der Waals surface area (Å²) in [6.07, 6.45) is 2.67. The Hall–Kier alpha value is -1.75. The van der Waals surface area contributed by atoms with E-state index in [1.54, 1.807) is 6.07 Å². The SMILES string of the molecule is COC(=O)c1c(Cl)cn(O)c2nccc1-2. The van der Waals surface area contributed by atoms with Gasteiger partial charge in [-0.25, -0.2) is 9.78 Å². The number of halogens is 1. The van der Waals surface area contributed by atoms with Gasteiger partial charge < -0.3 is 9.94 Å². The highest BCUT2D eigenvalue weighted by atomic mass is 35.5. The minimum absolute atomic E-state index is 0.116. The van der Waals surface area contributed by atoms with Crippen molar-refractivity contribution in [1.82, 2.24) is 9.71 Å². The van der Waals surface area contributed by atoms with Gasteiger partial charge in [0.05, 0.1) is 23.9 Å². The van der Waals surface area contributed by atoms with E-state index >= 15 is 0 Å². The molecule has 78 valence electrons. The lowest BCUT2D eigenvalue weighted by Crippen LogP contribution is -2.09. The van der Waals surface area contributed by atoms with Gasteiger partial charge in [-0.2, -0.15) is 4.73 Å². The molecular weight excluding hydrogens is 220 g/mol. The van der Waals surface area contributed by atoms with Crippen LogP contribution in [0.5, 0.6) is 0 Å². The summed E-state index contributed by atoms with van der Waals surface area (Å²) in [5.41, 5.74) is 0.661. The number of pyridine rings is 1. The summed E-state index contributed by atoms with van der Waals surface area (Å²) >= 11 is 5.83. The molecule has 0 unspecified atom stereocenters. The van der Waals surface area contributed by atoms with Crippen LogP contribution in [0.2, 0.25) is 5.02 Å². The van der Waals surface area contributed by atoms with Crippen molar-refractivity contribution in [3.8, 4) is 11.4 Å². The Morgan fingerprint density at radius 2 is 2.40 bits per heavy atom. The maximum atomic E-state index is 11.4. The molecule has 0 radical (unpaired) electrons. The predicted molar refractivity (Wildman–Crippen MR) is 52.4 cm³/mol. The molecule has 0 spiro atoms. The van der Waals surface area contributed by atoms with Crippen LogP contribution in [0.1, 0.15) is 10.4 Å². The van der Waals surface area contributed by atoms with Crippen molar-refractivity contribution in [3.63, 3.8) is 0 Å². The van der Waals surface area contributed by atoms with Crippen molar-refractivity contribution in [2.45, 2.75) is 0 Å². The molecule has 2 aliphatic heterocycles. The van der Waals surface area contributed by atoms with E-state index in [1.807, 2.05) is 0 Å². The topological polar surface area (TPSA) is 64.3 Å². The Balaban J connectivity index is 2.74. The Morgan fingerprint density at radius 3 is 3.07 bits per heavy atom. The van der Waals surface area contributed by atoms with Gasteiger partial charge in [-0.05, 0) is 6.07 Å². The lowest BCUT2D eigenvalue weighted by atomic mass is 10.1. The van der Waals surface area contributed by atoms with Crippen molar-refractivity contribution in [2.24, 2.45) is 0 Å². The van der Waals surface area contributed by atoms with E-state index in [0.717, 1.165) is 4.73 Å². The molecule has 2 heterocycles. The Bertz CT molecular complexity index is 495. The molecule has 5 nitrogen and oxygen atoms in total. The van der Waals surface area contributed by atoms with Crippen LogP contribution in [-0.2, 0) is 4.74 Å². The minimum Gasteiger partial charge on any atom is -0.465 e. The fraction of sp³-hybridized carbons (Fsp3) is 0.111. The standard InChI is InChI=1S/C9H7ClN2O3/c1-15-9(13)7-5-2-3-11-8(5)12(14)4-6(7)10/h2-4,14H,1H3. The maximum absolute atomic E-state index is 11.4. The zero-order valence-electron chi connectivity index (χ0n) is 7.77. The highest BCUT2D eigenvalue weighted by molar-refractivity contribution is 6.34. The molecule has 0 bridgehead atoms. The maximum Gasteiger partial charge on any atom is 0.340 e. The smallest absolute Gasteiger partial charge is 0.340 e. The summed E-state index contributed by atoms with van der Waals surface area (Å²) in [4.78, 5) is 15.3. The van der Waals surface area contributed by atoms with Crippen LogP contribution >= 0.6 is 11.6 Å². The van der Waals surface area contributed by atoms with E-state index in [4.69, 9.17) is 11.6 Å². The first kappa shape index (κ1) is 9.79. The summed E-state index contributed by atoms with van der Waals surface area (Å²) in [6, 6.07) is 1.58. The van der Waals surface area contributed by atoms with Gasteiger partial charge in [-0.15, -0.1) is 0 Å². The largest absolute Gasteiger partial charge is 0.465 e. The number of fused-ring (bicyclic) bond motifs is 1. The molecule has 0 aromatic carbocycles. The van der Waals surface area contributed by atoms with Crippen LogP contribution in [0.4, 0.5) is 0 Å². The zero-order chi connectivity index (χ0) is 11.0. The Kier molecular flexibility index (Phi) is 2.24. The van der Waals surface area contributed by atoms with Gasteiger partial charge in [0, 0.05) is 11.8 Å². The molecule has 0 saturated heterocycles. The Morgan fingerprint density at radius 1 is 1.67 bits per heavy atom. The van der Waals surface area contributed by atoms with Gasteiger partial charge in [0.15, 0.2) is 5.82 Å². The van der Waals surface area contributed by atoms with Crippen molar-refractivity contribution in [3.05, 3.63) is 29.0 Å². The molecule has 15 heavy (non-hydrogen) atoms. The number of carbonyl (C=O) groups is 1. The molecule has 0 saturated carbocycles. The van der Waals surface area contributed by atoms with E-state index in [9.17, 15) is 10.0 Å². The van der Waals surface area contributed by atoms with Gasteiger partial charge in [0.2, 0.25) is 0 Å². The van der Waals surface area contributed by atoms with Gasteiger partial charge in [-0.1, -0.05) is 11.6 Å². The van der Waals surface area contributed by atoms with Crippen LogP contribution in [-0.4, -0.2) is 28.0 Å². The molecule has 0 atom stereocenters. The number of carbonyl (C=O) groups excluding carboxylic acids is 1. The van der Waals surface area contributed by atoms with E-state index in [1.165, 1.54) is 19.5 Å². The highest BCUT2D eigenvalue weighted by Crippen LogP contribution is 2.30. The van der Waals surface area contributed by atoms with E-state index in [-0.39, 0.29) is 16.4 Å². The van der Waals surface area contributed by atoms with E-state index in [0.29, 0.717) is 5.56 Å². The summed E-state index contributed by atoms with van der Waals surface area (Å²) in [6.45, 7) is 0. The number of methoxy groups -OCH3 is 1. The van der Waals surface area contributed by atoms with Gasteiger partial charge in [0.25, 0.3) is 0 Å². The first-order chi connectivity index (χ1) is 7.15. The highest BCUT2D eigenvalue weighted by Gasteiger charge is 2.22. The van der Waals surface area contributed by atoms with Crippen LogP contribution in [0, 0.1) is 0 Å². The normalized spacial score (nSPS) is 10.5. The average molecular weight is 227 g/mol. The lowest BCUT2D eigenvalue weighted by molar-refractivity contribution is 0.0601. The zero-order valence-corrected chi connectivity index (χ0v) is 8.52. The quantitative estimate of drug-likeness (QED) is 0.593. The van der Waals surface area contributed by atoms with Gasteiger partial charge in [0.1, 0.15) is 0 Å². The van der Waals surface area contributed by atoms with E-state index in [2.05, 4.69) is 9.72 Å². The van der Waals surface area contributed by atoms with Crippen molar-refractivity contribution in [2.75, 3.05) is 7.11 Å². The van der Waals surface area contributed by atoms with Crippen LogP contribution in [0.15, 0.2) is 18.5 Å². The number of esters is 1. The van der Waals surface area contributed by atoms with Crippen LogP contribution < -0.4 is 0 Å². The molecule has 6 heteroatoms. The summed E-state index contributed by atoms with van der Waals surface area (Å²) in [5.74, 6) is -0.293. The molecule has 0 aromatic rings. The minimum atomic E-state index is -0.557. The molecule has 0 amide bonds. The number of ether oxygens (including phenoxy) is 1. The first-order valence-corrected chi connectivity index (χ1v) is 4.46. The molecule has 2 aliphatic rings. The molecule has 2 rings (SSSR count). The predicted octanol–water partition coefficient (Wildman–Crippen LogP) is 1.67. The summed E-state index contributed by atoms with van der Waals surface area (Å²) in [5, 5.41) is 9.55. The van der Waals surface area contributed by atoms with Crippen LogP contribution in [0.3, 0.4) is 0 Å². The first-order valence-electron chi connectivity index (χ1n) is 4.08. The van der Waals surface area contributed by atoms with Crippen LogP contribution in [0.25, 0.3) is 11.4 Å². The number of nitrogens with zero attached hydrogens (tertiary/aromatic N) is 2. The van der Waals surface area contributed by atoms with E-state index < -0.39 is 5.97 Å². The third-order valence-electron chi connectivity index (χ3n) is 2.03. The molecule has 0 fully saturated rings. The fourth-order valence-electron chi connectivity index (χ4n) is 1.38. The van der Waals surface area contributed by atoms with Crippen molar-refractivity contribution in [1.29, 1.82) is 0 Å². The van der Waals surface area contributed by atoms with Gasteiger partial charge in [-0.3, -0.25) is 0 Å². The van der Waals surface area contributed by atoms with Crippen molar-refractivity contribution >= 4 is 17.6 Å². The molecule has 1 N–H and O–H groups in total. The second kappa shape index (κ2) is 3.43. The monoisotopic (exact) mass is 226 g/mol. The lowest BCUT2D eigenvalue weighted by Gasteiger charge is -2.10. The Labute approximate surface area is 90.2 Å². The molecule has 0 aliphatic carbocycles. The summed E-state index contributed by atoms with van der Waals surface area (Å²) < 4.78 is 5.36. The van der Waals surface area contributed by atoms with Crippen molar-refractivity contribution < 1.29 is 14.7 Å². The third kappa shape index (κ3) is 1.41. The number of rotatable bonds is 1. The summed E-state index contributed by atoms with van der Waals surface area (Å²) in [7, 11) is 1.26. The molecule has 0 aromatic heterocycles. The second-order valence-electron chi connectivity index (χ2n) is 2.87. The average Bonchev–Trinajstić information content (AvgIpc) is 2.66. The third-order valence-corrected chi connectivity index (χ3v) is 2.32. The molecular formula is C9H7ClN2O3. The number of hydrogen-bond donors (Lipinski definition) is 1. The number of aromatic nitrogens is 2. The fourth-order valence-corrected chi connectivity index (χ4v) is 1.65. The number of hydrogen-bond acceptors (Lipinski definition) is 4.